The van der Waals surface area contributed by atoms with Gasteiger partial charge in [0.25, 0.3) is 0 Å². The van der Waals surface area contributed by atoms with Crippen molar-refractivity contribution in [2.24, 2.45) is 0 Å². The molecule has 0 amide bonds. The summed E-state index contributed by atoms with van der Waals surface area (Å²) in [6.07, 6.45) is 1.78. The Labute approximate surface area is 347 Å². The maximum absolute atomic E-state index is 9.74. The van der Waals surface area contributed by atoms with E-state index in [0.717, 1.165) is 77.8 Å². The molecular formula is C54H35N5O. The summed E-state index contributed by atoms with van der Waals surface area (Å²) in [6.45, 7) is 12.2. The maximum Gasteiger partial charge on any atom is 0.227 e. The van der Waals surface area contributed by atoms with E-state index in [1.165, 1.54) is 16.5 Å². The Bertz CT molecular complexity index is 3440. The standard InChI is InChI=1S/C54H35N5O/c1-54(2)47-31-44(58(40-24-18-39(56-3)19-25-40)42-22-16-35-9-4-6-11-37(35)29-42)26-27-45(47)50-48(54)32-49(52-51(50)46-13-8-28-57-53(46)60-52)59(41-20-14-34(33-55)15-21-41)43-23-17-36-10-5-7-12-38(36)30-43/h4-32H,1-2H3. The first-order chi connectivity index (χ1) is 29.4. The van der Waals surface area contributed by atoms with Crippen LogP contribution in [-0.2, 0) is 5.41 Å². The third-order valence-corrected chi connectivity index (χ3v) is 12.1. The third kappa shape index (κ3) is 5.43. The molecule has 0 atom stereocenters. The molecule has 0 saturated carbocycles. The molecule has 60 heavy (non-hydrogen) atoms. The number of fused-ring (bicyclic) bond motifs is 9. The predicted molar refractivity (Wildman–Crippen MR) is 244 cm³/mol. The summed E-state index contributed by atoms with van der Waals surface area (Å²) in [5.74, 6) is 0. The largest absolute Gasteiger partial charge is 0.435 e. The van der Waals surface area contributed by atoms with E-state index in [4.69, 9.17) is 16.0 Å². The molecule has 0 spiro atoms. The minimum absolute atomic E-state index is 0.432. The zero-order valence-corrected chi connectivity index (χ0v) is 32.9. The van der Waals surface area contributed by atoms with E-state index < -0.39 is 5.41 Å². The average Bonchev–Trinajstić information content (AvgIpc) is 3.79. The minimum atomic E-state index is -0.432. The Morgan fingerprint density at radius 1 is 0.600 bits per heavy atom. The summed E-state index contributed by atoms with van der Waals surface area (Å²) in [5.41, 5.74) is 12.5. The molecule has 282 valence electrons. The van der Waals surface area contributed by atoms with Crippen LogP contribution in [0, 0.1) is 17.9 Å². The van der Waals surface area contributed by atoms with E-state index in [-0.39, 0.29) is 0 Å². The van der Waals surface area contributed by atoms with Gasteiger partial charge in [-0.05, 0) is 135 Å². The van der Waals surface area contributed by atoms with Crippen LogP contribution in [0.5, 0.6) is 0 Å². The first kappa shape index (κ1) is 35.0. The smallest absolute Gasteiger partial charge is 0.227 e. The fourth-order valence-electron chi connectivity index (χ4n) is 9.13. The molecule has 0 unspecified atom stereocenters. The van der Waals surface area contributed by atoms with Crippen LogP contribution in [-0.4, -0.2) is 4.98 Å². The Kier molecular flexibility index (Phi) is 7.85. The van der Waals surface area contributed by atoms with Gasteiger partial charge in [0.15, 0.2) is 11.3 Å². The Hall–Kier alpha value is -8.19. The van der Waals surface area contributed by atoms with Crippen molar-refractivity contribution in [2.45, 2.75) is 19.3 Å². The molecular weight excluding hydrogens is 735 g/mol. The highest BCUT2D eigenvalue weighted by atomic mass is 16.3. The molecule has 6 heteroatoms. The van der Waals surface area contributed by atoms with Gasteiger partial charge in [0.2, 0.25) is 5.71 Å². The van der Waals surface area contributed by atoms with E-state index in [0.29, 0.717) is 17.0 Å². The van der Waals surface area contributed by atoms with Gasteiger partial charge in [0.1, 0.15) is 0 Å². The van der Waals surface area contributed by atoms with Crippen molar-refractivity contribution in [1.29, 1.82) is 5.26 Å². The molecule has 0 aliphatic heterocycles. The lowest BCUT2D eigenvalue weighted by molar-refractivity contribution is 0.650. The van der Waals surface area contributed by atoms with Crippen molar-refractivity contribution in [1.82, 2.24) is 4.98 Å². The number of nitriles is 1. The molecule has 8 aromatic carbocycles. The highest BCUT2D eigenvalue weighted by Gasteiger charge is 2.40. The first-order valence-corrected chi connectivity index (χ1v) is 19.9. The van der Waals surface area contributed by atoms with Crippen molar-refractivity contribution in [3.8, 4) is 17.2 Å². The fourth-order valence-corrected chi connectivity index (χ4v) is 9.13. The van der Waals surface area contributed by atoms with Crippen molar-refractivity contribution >= 4 is 83.4 Å². The molecule has 6 nitrogen and oxygen atoms in total. The Morgan fingerprint density at radius 2 is 1.18 bits per heavy atom. The second-order valence-electron chi connectivity index (χ2n) is 15.9. The summed E-state index contributed by atoms with van der Waals surface area (Å²) in [4.78, 5) is 12.9. The van der Waals surface area contributed by atoms with Crippen LogP contribution in [0.15, 0.2) is 180 Å². The second-order valence-corrected chi connectivity index (χ2v) is 15.9. The van der Waals surface area contributed by atoms with Gasteiger partial charge in [-0.25, -0.2) is 9.83 Å². The second kappa shape index (κ2) is 13.5. The van der Waals surface area contributed by atoms with E-state index in [1.807, 2.05) is 54.6 Å². The number of pyridine rings is 1. The monoisotopic (exact) mass is 769 g/mol. The Morgan fingerprint density at radius 3 is 1.85 bits per heavy atom. The normalized spacial score (nSPS) is 12.6. The summed E-state index contributed by atoms with van der Waals surface area (Å²) in [5, 5.41) is 16.3. The van der Waals surface area contributed by atoms with Crippen molar-refractivity contribution in [2.75, 3.05) is 9.80 Å². The van der Waals surface area contributed by atoms with Gasteiger partial charge in [-0.15, -0.1) is 0 Å². The van der Waals surface area contributed by atoms with Crippen molar-refractivity contribution in [3.63, 3.8) is 0 Å². The third-order valence-electron chi connectivity index (χ3n) is 12.1. The number of benzene rings is 8. The lowest BCUT2D eigenvalue weighted by Crippen LogP contribution is -2.18. The van der Waals surface area contributed by atoms with Crippen LogP contribution in [0.3, 0.4) is 0 Å². The summed E-state index contributed by atoms with van der Waals surface area (Å²) in [6, 6.07) is 60.9. The van der Waals surface area contributed by atoms with Gasteiger partial charge in [-0.2, -0.15) is 5.26 Å². The van der Waals surface area contributed by atoms with Crippen LogP contribution in [0.25, 0.3) is 59.6 Å². The minimum Gasteiger partial charge on any atom is -0.435 e. The molecule has 11 rings (SSSR count). The van der Waals surface area contributed by atoms with Gasteiger partial charge in [0, 0.05) is 50.8 Å². The zero-order chi connectivity index (χ0) is 40.5. The van der Waals surface area contributed by atoms with Gasteiger partial charge in [-0.3, -0.25) is 0 Å². The Balaban J connectivity index is 1.15. The van der Waals surface area contributed by atoms with Crippen LogP contribution >= 0.6 is 0 Å². The number of aromatic nitrogens is 1. The molecule has 0 bridgehead atoms. The van der Waals surface area contributed by atoms with Gasteiger partial charge in [0.05, 0.1) is 23.9 Å². The molecule has 0 saturated heterocycles. The summed E-state index contributed by atoms with van der Waals surface area (Å²) >= 11 is 0. The summed E-state index contributed by atoms with van der Waals surface area (Å²) < 4.78 is 6.85. The molecule has 1 aliphatic carbocycles. The molecule has 1 aliphatic rings. The van der Waals surface area contributed by atoms with E-state index in [1.54, 1.807) is 6.20 Å². The number of hydrogen-bond donors (Lipinski definition) is 0. The van der Waals surface area contributed by atoms with E-state index >= 15 is 0 Å². The number of nitrogens with zero attached hydrogens (tertiary/aromatic N) is 5. The lowest BCUT2D eigenvalue weighted by atomic mass is 9.81. The first-order valence-electron chi connectivity index (χ1n) is 19.9. The lowest BCUT2D eigenvalue weighted by Gasteiger charge is -2.29. The van der Waals surface area contributed by atoms with Gasteiger partial charge in [-0.1, -0.05) is 92.7 Å². The molecule has 2 heterocycles. The topological polar surface area (TPSA) is 60.7 Å². The number of hydrogen-bond acceptors (Lipinski definition) is 5. The number of rotatable bonds is 6. The van der Waals surface area contributed by atoms with Gasteiger partial charge < -0.3 is 14.2 Å². The molecule has 2 aromatic heterocycles. The van der Waals surface area contributed by atoms with Crippen molar-refractivity contribution < 1.29 is 4.42 Å². The van der Waals surface area contributed by atoms with E-state index in [9.17, 15) is 5.26 Å². The molecule has 0 N–H and O–H groups in total. The highest BCUT2D eigenvalue weighted by Crippen LogP contribution is 2.57. The molecule has 0 radical (unpaired) electrons. The van der Waals surface area contributed by atoms with E-state index in [2.05, 4.69) is 150 Å². The predicted octanol–water partition coefficient (Wildman–Crippen LogP) is 15.0. The average molecular weight is 770 g/mol. The van der Waals surface area contributed by atoms with Crippen LogP contribution in [0.1, 0.15) is 30.5 Å². The quantitative estimate of drug-likeness (QED) is 0.158. The molecule has 0 fully saturated rings. The van der Waals surface area contributed by atoms with Crippen LogP contribution < -0.4 is 9.80 Å². The SMILES string of the molecule is [C-]#[N+]c1ccc(N(c2ccc3c(c2)C(C)(C)c2cc(N(c4ccc(C#N)cc4)c4ccc5ccccc5c4)c4oc5ncccc5c4c2-3)c2ccc3ccccc3c2)cc1. The van der Waals surface area contributed by atoms with Crippen LogP contribution in [0.4, 0.5) is 39.8 Å². The zero-order valence-electron chi connectivity index (χ0n) is 32.9. The fraction of sp³-hybridized carbons (Fsp3) is 0.0556. The number of furan rings is 1. The maximum atomic E-state index is 9.74. The van der Waals surface area contributed by atoms with Crippen molar-refractivity contribution in [3.05, 3.63) is 204 Å². The van der Waals surface area contributed by atoms with Gasteiger partial charge >= 0.3 is 0 Å². The molecule has 10 aromatic rings. The highest BCUT2D eigenvalue weighted by molar-refractivity contribution is 6.19. The summed E-state index contributed by atoms with van der Waals surface area (Å²) in [7, 11) is 0. The van der Waals surface area contributed by atoms with Crippen LogP contribution in [0.2, 0.25) is 0 Å². The number of anilines is 6.